The molecule has 7 nitrogen and oxygen atoms in total. The normalized spacial score (nSPS) is 16.9. The second-order valence-electron chi connectivity index (χ2n) is 7.53. The molecule has 3 aromatic rings. The second-order valence-corrected chi connectivity index (χ2v) is 7.53. The Morgan fingerprint density at radius 2 is 1.79 bits per heavy atom. The van der Waals surface area contributed by atoms with Crippen molar-refractivity contribution in [1.82, 2.24) is 0 Å². The lowest BCUT2D eigenvalue weighted by atomic mass is 9.94. The molecule has 3 aromatic carbocycles. The minimum atomic E-state index is -0.945. The Bertz CT molecular complexity index is 1320. The summed E-state index contributed by atoms with van der Waals surface area (Å²) < 4.78 is 11.0. The van der Waals surface area contributed by atoms with Crippen LogP contribution in [-0.2, 0) is 9.59 Å². The van der Waals surface area contributed by atoms with Gasteiger partial charge in [-0.3, -0.25) is 14.5 Å². The quantitative estimate of drug-likeness (QED) is 0.332. The maximum atomic E-state index is 13.3. The summed E-state index contributed by atoms with van der Waals surface area (Å²) >= 11 is 0. The number of nitrogens with zero attached hydrogens (tertiary/aromatic N) is 2. The summed E-state index contributed by atoms with van der Waals surface area (Å²) in [5.74, 6) is -0.932. The van der Waals surface area contributed by atoms with Gasteiger partial charge in [-0.05, 0) is 49.4 Å². The lowest BCUT2D eigenvalue weighted by molar-refractivity contribution is -0.132. The molecule has 1 amide bonds. The van der Waals surface area contributed by atoms with E-state index in [1.807, 2.05) is 13.0 Å². The van der Waals surface area contributed by atoms with Gasteiger partial charge in [0, 0.05) is 16.8 Å². The van der Waals surface area contributed by atoms with Gasteiger partial charge in [0.1, 0.15) is 17.3 Å². The molecule has 1 atom stereocenters. The van der Waals surface area contributed by atoms with Crippen LogP contribution in [0.25, 0.3) is 5.76 Å². The maximum absolute atomic E-state index is 13.3. The topological polar surface area (TPSA) is 99.9 Å². The number of ether oxygens (including phenoxy) is 2. The van der Waals surface area contributed by atoms with E-state index in [4.69, 9.17) is 14.7 Å². The molecule has 0 saturated carbocycles. The van der Waals surface area contributed by atoms with Crippen LogP contribution in [0.5, 0.6) is 11.5 Å². The highest BCUT2D eigenvalue weighted by molar-refractivity contribution is 6.51. The van der Waals surface area contributed by atoms with E-state index in [1.165, 1.54) is 12.0 Å². The van der Waals surface area contributed by atoms with Gasteiger partial charge in [-0.2, -0.15) is 5.26 Å². The van der Waals surface area contributed by atoms with Crippen molar-refractivity contribution in [2.45, 2.75) is 13.0 Å². The summed E-state index contributed by atoms with van der Waals surface area (Å²) in [7, 11) is 1.50. The van der Waals surface area contributed by atoms with Crippen molar-refractivity contribution in [3.8, 4) is 17.6 Å². The SMILES string of the molecule is CCOc1cccc(/C(O)=C2/C(=O)C(=O)N(c3ccc(C#N)cc3)C2c2ccccc2OC)c1. The average molecular weight is 454 g/mol. The molecule has 1 fully saturated rings. The van der Waals surface area contributed by atoms with Crippen molar-refractivity contribution in [3.05, 3.63) is 95.1 Å². The van der Waals surface area contributed by atoms with E-state index in [9.17, 15) is 14.7 Å². The molecule has 1 aliphatic heterocycles. The van der Waals surface area contributed by atoms with Gasteiger partial charge >= 0.3 is 0 Å². The Morgan fingerprint density at radius 3 is 2.47 bits per heavy atom. The van der Waals surface area contributed by atoms with E-state index >= 15 is 0 Å². The number of methoxy groups -OCH3 is 1. The van der Waals surface area contributed by atoms with Crippen LogP contribution in [0.4, 0.5) is 5.69 Å². The standard InChI is InChI=1S/C27H22N2O5/c1-3-34-20-8-6-7-18(15-20)25(30)23-24(21-9-4-5-10-22(21)33-2)29(27(32)26(23)31)19-13-11-17(16-28)12-14-19/h4-15,24,30H,3H2,1-2H3/b25-23-. The predicted octanol–water partition coefficient (Wildman–Crippen LogP) is 4.59. The Balaban J connectivity index is 1.95. The molecule has 4 rings (SSSR count). The fourth-order valence-corrected chi connectivity index (χ4v) is 4.04. The van der Waals surface area contributed by atoms with Gasteiger partial charge in [0.15, 0.2) is 0 Å². The molecule has 0 radical (unpaired) electrons. The number of amides is 1. The number of aliphatic hydroxyl groups is 1. The number of nitriles is 1. The van der Waals surface area contributed by atoms with Crippen LogP contribution in [0.15, 0.2) is 78.4 Å². The lowest BCUT2D eigenvalue weighted by Crippen LogP contribution is -2.29. The van der Waals surface area contributed by atoms with Crippen LogP contribution in [0, 0.1) is 11.3 Å². The number of benzene rings is 3. The third-order valence-electron chi connectivity index (χ3n) is 5.57. The Labute approximate surface area is 197 Å². The highest BCUT2D eigenvalue weighted by Crippen LogP contribution is 2.45. The first-order valence-electron chi connectivity index (χ1n) is 10.7. The number of Topliss-reactive ketones (excluding diaryl/α,β-unsaturated/α-hetero) is 1. The van der Waals surface area contributed by atoms with Crippen LogP contribution >= 0.6 is 0 Å². The van der Waals surface area contributed by atoms with Crippen LogP contribution in [-0.4, -0.2) is 30.5 Å². The number of hydrogen-bond donors (Lipinski definition) is 1. The first kappa shape index (κ1) is 22.6. The van der Waals surface area contributed by atoms with E-state index in [2.05, 4.69) is 0 Å². The van der Waals surface area contributed by atoms with Gasteiger partial charge in [-0.15, -0.1) is 0 Å². The first-order valence-corrected chi connectivity index (χ1v) is 10.7. The third kappa shape index (κ3) is 3.97. The summed E-state index contributed by atoms with van der Waals surface area (Å²) in [6, 6.07) is 21.2. The highest BCUT2D eigenvalue weighted by atomic mass is 16.5. The molecule has 34 heavy (non-hydrogen) atoms. The fourth-order valence-electron chi connectivity index (χ4n) is 4.04. The molecule has 7 heteroatoms. The lowest BCUT2D eigenvalue weighted by Gasteiger charge is -2.26. The van der Waals surface area contributed by atoms with E-state index in [1.54, 1.807) is 72.8 Å². The summed E-state index contributed by atoms with van der Waals surface area (Å²) in [4.78, 5) is 27.9. The Morgan fingerprint density at radius 1 is 1.06 bits per heavy atom. The zero-order chi connectivity index (χ0) is 24.2. The molecular weight excluding hydrogens is 432 g/mol. The molecule has 1 aliphatic rings. The van der Waals surface area contributed by atoms with Gasteiger partial charge in [-0.1, -0.05) is 30.3 Å². The average Bonchev–Trinajstić information content (AvgIpc) is 3.14. The van der Waals surface area contributed by atoms with Crippen molar-refractivity contribution in [2.75, 3.05) is 18.6 Å². The number of para-hydroxylation sites is 1. The molecule has 0 bridgehead atoms. The molecular formula is C27H22N2O5. The number of rotatable bonds is 6. The molecule has 170 valence electrons. The number of aliphatic hydroxyl groups excluding tert-OH is 1. The van der Waals surface area contributed by atoms with E-state index < -0.39 is 17.7 Å². The monoisotopic (exact) mass is 454 g/mol. The molecule has 1 unspecified atom stereocenters. The second kappa shape index (κ2) is 9.51. The minimum absolute atomic E-state index is 0.0625. The zero-order valence-corrected chi connectivity index (χ0v) is 18.7. The molecule has 1 N–H and O–H groups in total. The van der Waals surface area contributed by atoms with Gasteiger partial charge < -0.3 is 14.6 Å². The third-order valence-corrected chi connectivity index (χ3v) is 5.57. The predicted molar refractivity (Wildman–Crippen MR) is 127 cm³/mol. The Kier molecular flexibility index (Phi) is 6.33. The highest BCUT2D eigenvalue weighted by Gasteiger charge is 2.47. The van der Waals surface area contributed by atoms with Crippen molar-refractivity contribution in [2.24, 2.45) is 0 Å². The van der Waals surface area contributed by atoms with Gasteiger partial charge in [0.2, 0.25) is 0 Å². The van der Waals surface area contributed by atoms with Crippen LogP contribution in [0.3, 0.4) is 0 Å². The minimum Gasteiger partial charge on any atom is -0.507 e. The summed E-state index contributed by atoms with van der Waals surface area (Å²) in [6.45, 7) is 2.28. The van der Waals surface area contributed by atoms with Crippen LogP contribution < -0.4 is 14.4 Å². The number of anilines is 1. The van der Waals surface area contributed by atoms with E-state index in [0.717, 1.165) is 0 Å². The van der Waals surface area contributed by atoms with Gasteiger partial charge in [0.25, 0.3) is 11.7 Å². The number of carbonyl (C=O) groups is 2. The van der Waals surface area contributed by atoms with E-state index in [-0.39, 0.29) is 11.3 Å². The van der Waals surface area contributed by atoms with Crippen molar-refractivity contribution < 1.29 is 24.2 Å². The molecule has 1 saturated heterocycles. The van der Waals surface area contributed by atoms with Crippen molar-refractivity contribution >= 4 is 23.1 Å². The number of carbonyl (C=O) groups excluding carboxylic acids is 2. The maximum Gasteiger partial charge on any atom is 0.300 e. The summed E-state index contributed by atoms with van der Waals surface area (Å²) in [5.41, 5.74) is 1.66. The molecule has 0 spiro atoms. The fraction of sp³-hybridized carbons (Fsp3) is 0.148. The van der Waals surface area contributed by atoms with Gasteiger partial charge in [0.05, 0.1) is 37.0 Å². The largest absolute Gasteiger partial charge is 0.507 e. The summed E-state index contributed by atoms with van der Waals surface area (Å²) in [6.07, 6.45) is 0. The first-order chi connectivity index (χ1) is 16.5. The molecule has 1 heterocycles. The van der Waals surface area contributed by atoms with Gasteiger partial charge in [-0.25, -0.2) is 0 Å². The number of ketones is 1. The molecule has 0 aliphatic carbocycles. The molecule has 0 aromatic heterocycles. The summed E-state index contributed by atoms with van der Waals surface area (Å²) in [5, 5.41) is 20.4. The zero-order valence-electron chi connectivity index (χ0n) is 18.7. The number of hydrogen-bond acceptors (Lipinski definition) is 6. The van der Waals surface area contributed by atoms with Crippen molar-refractivity contribution in [1.29, 1.82) is 5.26 Å². The Hall–Kier alpha value is -4.57. The van der Waals surface area contributed by atoms with Crippen molar-refractivity contribution in [3.63, 3.8) is 0 Å². The van der Waals surface area contributed by atoms with E-state index in [0.29, 0.717) is 40.5 Å². The smallest absolute Gasteiger partial charge is 0.300 e. The van der Waals surface area contributed by atoms with Crippen LogP contribution in [0.2, 0.25) is 0 Å². The van der Waals surface area contributed by atoms with Crippen LogP contribution in [0.1, 0.15) is 29.7 Å².